The van der Waals surface area contributed by atoms with E-state index in [1.807, 2.05) is 17.2 Å². The Morgan fingerprint density at radius 2 is 1.97 bits per heavy atom. The molecule has 1 aliphatic carbocycles. The van der Waals surface area contributed by atoms with Crippen LogP contribution in [-0.4, -0.2) is 63.5 Å². The van der Waals surface area contributed by atoms with Gasteiger partial charge in [-0.2, -0.15) is 0 Å². The fourth-order valence-electron chi connectivity index (χ4n) is 5.72. The van der Waals surface area contributed by atoms with Crippen molar-refractivity contribution in [2.24, 2.45) is 17.8 Å². The maximum atomic E-state index is 12.3. The Morgan fingerprint density at radius 3 is 2.63 bits per heavy atom. The number of ether oxygens (including phenoxy) is 2. The molecule has 1 aromatic heterocycles. The van der Waals surface area contributed by atoms with Gasteiger partial charge in [0.25, 0.3) is 0 Å². The highest BCUT2D eigenvalue weighted by Crippen LogP contribution is 2.49. The Morgan fingerprint density at radius 1 is 1.14 bits per heavy atom. The van der Waals surface area contributed by atoms with E-state index in [1.54, 1.807) is 7.11 Å². The van der Waals surface area contributed by atoms with Crippen LogP contribution < -0.4 is 15.1 Å². The van der Waals surface area contributed by atoms with Crippen LogP contribution in [0.15, 0.2) is 36.5 Å². The maximum Gasteiger partial charge on any atom is 0.226 e. The summed E-state index contributed by atoms with van der Waals surface area (Å²) in [5, 5.41) is 0. The van der Waals surface area contributed by atoms with Gasteiger partial charge in [0.1, 0.15) is 19.4 Å². The molecule has 2 atom stereocenters. The number of anilines is 1. The van der Waals surface area contributed by atoms with E-state index in [0.717, 1.165) is 91.5 Å². The zero-order chi connectivity index (χ0) is 24.2. The molecule has 3 fully saturated rings. The molecule has 2 saturated heterocycles. The van der Waals surface area contributed by atoms with Crippen LogP contribution >= 0.6 is 0 Å². The van der Waals surface area contributed by atoms with E-state index in [0.29, 0.717) is 13.0 Å². The molecular weight excluding hydrogens is 437 g/mol. The Bertz CT molecular complexity index is 1000. The van der Waals surface area contributed by atoms with Gasteiger partial charge in [-0.1, -0.05) is 17.6 Å². The third kappa shape index (κ3) is 6.00. The minimum atomic E-state index is 0.245. The second kappa shape index (κ2) is 11.0. The maximum absolute atomic E-state index is 12.3. The second-order valence-corrected chi connectivity index (χ2v) is 10.6. The van der Waals surface area contributed by atoms with Gasteiger partial charge in [-0.05, 0) is 79.2 Å². The third-order valence-corrected chi connectivity index (χ3v) is 8.19. The fraction of sp³-hybridized carbons (Fsp3) is 0.571. The number of likely N-dealkylation sites (tertiary alicyclic amines) is 1. The monoisotopic (exact) mass is 475 g/mol. The van der Waals surface area contributed by atoms with Crippen molar-refractivity contribution in [1.82, 2.24) is 9.88 Å². The van der Waals surface area contributed by atoms with Crippen LogP contribution in [0.1, 0.15) is 43.2 Å². The highest BCUT2D eigenvalue weighted by Gasteiger charge is 2.43. The first-order valence-corrected chi connectivity index (χ1v) is 13.3. The molecule has 186 valence electrons. The Kier molecular flexibility index (Phi) is 7.61. The number of hydrogen-bond acceptors (Lipinski definition) is 5. The van der Waals surface area contributed by atoms with E-state index in [9.17, 15) is 4.79 Å². The van der Waals surface area contributed by atoms with Gasteiger partial charge in [-0.3, -0.25) is 4.79 Å². The molecule has 0 radical (unpaired) electrons. The number of methoxy groups -OCH3 is 1. The number of rotatable bonds is 10. The van der Waals surface area contributed by atoms with Gasteiger partial charge in [-0.15, -0.1) is 0 Å². The van der Waals surface area contributed by atoms with Crippen molar-refractivity contribution in [3.05, 3.63) is 47.7 Å². The molecule has 0 spiro atoms. The van der Waals surface area contributed by atoms with Gasteiger partial charge in [0, 0.05) is 39.5 Å². The molecule has 3 heterocycles. The lowest BCUT2D eigenvalue weighted by molar-refractivity contribution is -0.133. The number of aromatic nitrogens is 1. The first-order chi connectivity index (χ1) is 17.1. The number of hydrogen-bond donors (Lipinski definition) is 0. The predicted molar refractivity (Wildman–Crippen MR) is 141 cm³/mol. The lowest BCUT2D eigenvalue weighted by Crippen LogP contribution is -2.43. The largest absolute Gasteiger partial charge is 0.494 e. The van der Waals surface area contributed by atoms with Crippen LogP contribution in [0, 0.1) is 17.8 Å². The molecule has 6 nitrogen and oxygen atoms in total. The smallest absolute Gasteiger partial charge is 0.226 e. The van der Waals surface area contributed by atoms with E-state index < -0.39 is 0 Å². The topological polar surface area (TPSA) is 54.9 Å². The number of carbonyl (C=O) groups excluding carboxylic acids is 1. The number of nitrogens with zero attached hydrogens (tertiary/aromatic N) is 3. The lowest BCUT2D eigenvalue weighted by atomic mass is 9.88. The molecule has 2 aromatic rings. The minimum Gasteiger partial charge on any atom is -0.494 e. The van der Waals surface area contributed by atoms with Crippen LogP contribution in [0.25, 0.3) is 0 Å². The summed E-state index contributed by atoms with van der Waals surface area (Å²) in [6, 6.07) is 10.4. The normalized spacial score (nSPS) is 22.1. The van der Waals surface area contributed by atoms with Gasteiger partial charge in [0.2, 0.25) is 5.91 Å². The molecule has 7 heteroatoms. The summed E-state index contributed by atoms with van der Waals surface area (Å²) in [5.74, 6) is 4.79. The average molecular weight is 475 g/mol. The molecule has 0 N–H and O–H groups in total. The average Bonchev–Trinajstić information content (AvgIpc) is 3.60. The van der Waals surface area contributed by atoms with Crippen LogP contribution in [0.4, 0.5) is 5.82 Å². The van der Waals surface area contributed by atoms with Gasteiger partial charge >= 0.3 is 0 Å². The molecule has 1 aromatic carbocycles. The molecule has 0 bridgehead atoms. The molecule has 5 rings (SSSR count). The Balaban J connectivity index is 1.01. The zero-order valence-electron chi connectivity index (χ0n) is 21.2. The first-order valence-electron chi connectivity index (χ1n) is 13.3. The summed E-state index contributed by atoms with van der Waals surface area (Å²) >= 11 is 0. The van der Waals surface area contributed by atoms with Gasteiger partial charge in [0.05, 0.1) is 19.6 Å². The number of amides is 1. The fourth-order valence-corrected chi connectivity index (χ4v) is 5.72. The molecule has 3 aliphatic rings. The van der Waals surface area contributed by atoms with Crippen LogP contribution in [-0.2, 0) is 22.6 Å². The number of pyridine rings is 1. The van der Waals surface area contributed by atoms with E-state index >= 15 is 0 Å². The SMILES string of the molecule is Bc1cc(OCCC2CC2C2CCN(c3ccc(COC)cn3)CC2)ccc1CC(=O)N1CCC1. The van der Waals surface area contributed by atoms with Crippen LogP contribution in [0.5, 0.6) is 5.75 Å². The summed E-state index contributed by atoms with van der Waals surface area (Å²) in [6.45, 7) is 5.44. The number of carbonyl (C=O) groups is 1. The molecule has 35 heavy (non-hydrogen) atoms. The van der Waals surface area contributed by atoms with Crippen LogP contribution in [0.3, 0.4) is 0 Å². The summed E-state index contributed by atoms with van der Waals surface area (Å²) in [6.07, 6.45) is 8.60. The van der Waals surface area contributed by atoms with E-state index in [1.165, 1.54) is 19.3 Å². The van der Waals surface area contributed by atoms with E-state index in [4.69, 9.17) is 9.47 Å². The molecule has 1 amide bonds. The van der Waals surface area contributed by atoms with Gasteiger partial charge in [0.15, 0.2) is 0 Å². The van der Waals surface area contributed by atoms with E-state index in [2.05, 4.69) is 42.0 Å². The zero-order valence-corrected chi connectivity index (χ0v) is 21.2. The van der Waals surface area contributed by atoms with Crippen molar-refractivity contribution in [1.29, 1.82) is 0 Å². The van der Waals surface area contributed by atoms with Crippen molar-refractivity contribution < 1.29 is 14.3 Å². The third-order valence-electron chi connectivity index (χ3n) is 8.19. The van der Waals surface area contributed by atoms with Crippen LogP contribution in [0.2, 0.25) is 0 Å². The highest BCUT2D eigenvalue weighted by atomic mass is 16.5. The standard InChI is InChI=1S/C28H38BN3O3/c1-34-19-20-3-6-27(30-18-20)31-12-7-21(8-13-31)25-15-22(25)9-14-35-24-5-4-23(26(29)17-24)16-28(33)32-10-2-11-32/h3-6,17-18,21-22,25H,2,7-16,19,29H2,1H3. The second-order valence-electron chi connectivity index (χ2n) is 10.6. The lowest BCUT2D eigenvalue weighted by Gasteiger charge is -2.33. The molecule has 2 aliphatic heterocycles. The molecule has 1 saturated carbocycles. The Hall–Kier alpha value is -2.54. The molecular formula is C28H38BN3O3. The highest BCUT2D eigenvalue weighted by molar-refractivity contribution is 6.33. The van der Waals surface area contributed by atoms with Crippen molar-refractivity contribution >= 4 is 25.0 Å². The van der Waals surface area contributed by atoms with Crippen molar-refractivity contribution in [2.45, 2.75) is 45.1 Å². The van der Waals surface area contributed by atoms with E-state index in [-0.39, 0.29) is 5.91 Å². The van der Waals surface area contributed by atoms with Gasteiger partial charge < -0.3 is 19.3 Å². The van der Waals surface area contributed by atoms with Crippen molar-refractivity contribution in [3.63, 3.8) is 0 Å². The van der Waals surface area contributed by atoms with Crippen molar-refractivity contribution in [2.75, 3.05) is 44.8 Å². The van der Waals surface area contributed by atoms with Crippen molar-refractivity contribution in [3.8, 4) is 5.75 Å². The summed E-state index contributed by atoms with van der Waals surface area (Å²) in [4.78, 5) is 21.3. The number of benzene rings is 1. The minimum absolute atomic E-state index is 0.245. The quantitative estimate of drug-likeness (QED) is 0.495. The Labute approximate surface area is 210 Å². The summed E-state index contributed by atoms with van der Waals surface area (Å²) < 4.78 is 11.3. The summed E-state index contributed by atoms with van der Waals surface area (Å²) in [7, 11) is 3.80. The summed E-state index contributed by atoms with van der Waals surface area (Å²) in [5.41, 5.74) is 3.39. The predicted octanol–water partition coefficient (Wildman–Crippen LogP) is 2.58. The molecule has 2 unspecified atom stereocenters. The number of piperidine rings is 1. The van der Waals surface area contributed by atoms with Gasteiger partial charge in [-0.25, -0.2) is 4.98 Å². The first kappa shape index (κ1) is 24.2.